The number of thiophene rings is 1. The van der Waals surface area contributed by atoms with E-state index >= 15 is 0 Å². The van der Waals surface area contributed by atoms with Gasteiger partial charge >= 0.3 is 0 Å². The van der Waals surface area contributed by atoms with Gasteiger partial charge in [0.05, 0.1) is 12.3 Å². The summed E-state index contributed by atoms with van der Waals surface area (Å²) in [6, 6.07) is 4.59. The maximum atomic E-state index is 12.3. The van der Waals surface area contributed by atoms with Crippen LogP contribution in [0.4, 0.5) is 0 Å². The van der Waals surface area contributed by atoms with Gasteiger partial charge in [0.25, 0.3) is 0 Å². The highest BCUT2D eigenvalue weighted by atomic mass is 32.2. The van der Waals surface area contributed by atoms with Crippen LogP contribution in [-0.4, -0.2) is 69.8 Å². The molecule has 0 spiro atoms. The van der Waals surface area contributed by atoms with Crippen LogP contribution >= 0.6 is 23.1 Å². The molecule has 3 rings (SSSR count). The first-order chi connectivity index (χ1) is 12.5. The Labute approximate surface area is 161 Å². The third kappa shape index (κ3) is 4.64. The molecule has 140 valence electrons. The Morgan fingerprint density at radius 3 is 2.65 bits per heavy atom. The number of carbonyl (C=O) groups excluding carboxylic acids is 2. The number of hydrogen-bond donors (Lipinski definition) is 0. The fourth-order valence-corrected chi connectivity index (χ4v) is 4.13. The molecule has 9 heteroatoms. The molecule has 1 fully saturated rings. The van der Waals surface area contributed by atoms with Crippen LogP contribution in [0, 0.1) is 0 Å². The van der Waals surface area contributed by atoms with Crippen molar-refractivity contribution in [2.75, 3.05) is 33.4 Å². The highest BCUT2D eigenvalue weighted by Gasteiger charge is 2.30. The van der Waals surface area contributed by atoms with E-state index in [1.165, 1.54) is 26.4 Å². The van der Waals surface area contributed by atoms with E-state index in [1.54, 1.807) is 32.5 Å². The highest BCUT2D eigenvalue weighted by Crippen LogP contribution is 2.39. The standard InChI is InChI=1S/C17H23N5O2S2/c1-20(2)15(23)10-21(3)16(24)11-26-17-19-18-14(22(17)12-6-7-12)9-13-5-4-8-25-13/h4-5,8,12H,6-7,9-11H2,1-3H3. The molecule has 2 aromatic rings. The van der Waals surface area contributed by atoms with E-state index in [0.29, 0.717) is 6.04 Å². The van der Waals surface area contributed by atoms with Gasteiger partial charge in [-0.1, -0.05) is 17.8 Å². The van der Waals surface area contributed by atoms with Crippen molar-refractivity contribution in [2.24, 2.45) is 0 Å². The predicted molar refractivity (Wildman–Crippen MR) is 102 cm³/mol. The van der Waals surface area contributed by atoms with Crippen molar-refractivity contribution in [3.05, 3.63) is 28.2 Å². The lowest BCUT2D eigenvalue weighted by Gasteiger charge is -2.19. The van der Waals surface area contributed by atoms with Gasteiger partial charge in [-0.15, -0.1) is 21.5 Å². The fraction of sp³-hybridized carbons (Fsp3) is 0.529. The quantitative estimate of drug-likeness (QED) is 0.641. The molecule has 0 saturated heterocycles. The van der Waals surface area contributed by atoms with Crippen molar-refractivity contribution in [1.82, 2.24) is 24.6 Å². The molecule has 1 saturated carbocycles. The number of hydrogen-bond acceptors (Lipinski definition) is 6. The largest absolute Gasteiger partial charge is 0.347 e. The van der Waals surface area contributed by atoms with Crippen molar-refractivity contribution in [3.63, 3.8) is 0 Å². The minimum atomic E-state index is -0.0924. The zero-order valence-corrected chi connectivity index (χ0v) is 16.8. The number of amides is 2. The van der Waals surface area contributed by atoms with Crippen LogP contribution in [0.5, 0.6) is 0 Å². The zero-order valence-electron chi connectivity index (χ0n) is 15.2. The topological polar surface area (TPSA) is 71.3 Å². The molecule has 0 N–H and O–H groups in total. The molecule has 7 nitrogen and oxygen atoms in total. The van der Waals surface area contributed by atoms with Crippen LogP contribution in [0.1, 0.15) is 29.6 Å². The van der Waals surface area contributed by atoms with Gasteiger partial charge in [0.15, 0.2) is 5.16 Å². The lowest BCUT2D eigenvalue weighted by atomic mass is 10.3. The summed E-state index contributed by atoms with van der Waals surface area (Å²) < 4.78 is 2.18. The first kappa shape index (κ1) is 18.9. The molecule has 1 aliphatic rings. The Morgan fingerprint density at radius 2 is 2.04 bits per heavy atom. The molecule has 0 unspecified atom stereocenters. The maximum absolute atomic E-state index is 12.3. The lowest BCUT2D eigenvalue weighted by Crippen LogP contribution is -2.38. The average Bonchev–Trinajstić information content (AvgIpc) is 3.16. The summed E-state index contributed by atoms with van der Waals surface area (Å²) in [6.07, 6.45) is 3.04. The summed E-state index contributed by atoms with van der Waals surface area (Å²) in [7, 11) is 5.02. The van der Waals surface area contributed by atoms with Crippen molar-refractivity contribution < 1.29 is 9.59 Å². The van der Waals surface area contributed by atoms with Crippen molar-refractivity contribution in [2.45, 2.75) is 30.5 Å². The van der Waals surface area contributed by atoms with Crippen LogP contribution in [0.25, 0.3) is 0 Å². The SMILES string of the molecule is CN(C)C(=O)CN(C)C(=O)CSc1nnc(Cc2cccs2)n1C1CC1. The van der Waals surface area contributed by atoms with E-state index < -0.39 is 0 Å². The number of carbonyl (C=O) groups is 2. The van der Waals surface area contributed by atoms with Crippen molar-refractivity contribution in [3.8, 4) is 0 Å². The summed E-state index contributed by atoms with van der Waals surface area (Å²) in [5.74, 6) is 1.03. The highest BCUT2D eigenvalue weighted by molar-refractivity contribution is 7.99. The average molecular weight is 394 g/mol. The second kappa shape index (κ2) is 8.22. The molecule has 2 aromatic heterocycles. The van der Waals surface area contributed by atoms with E-state index in [9.17, 15) is 9.59 Å². The van der Waals surface area contributed by atoms with Crippen LogP contribution in [0.3, 0.4) is 0 Å². The van der Waals surface area contributed by atoms with Gasteiger partial charge in [-0.3, -0.25) is 9.59 Å². The molecular formula is C17H23N5O2S2. The number of rotatable bonds is 8. The minimum absolute atomic E-state index is 0.0876. The predicted octanol–water partition coefficient (Wildman–Crippen LogP) is 1.90. The number of aromatic nitrogens is 3. The summed E-state index contributed by atoms with van der Waals surface area (Å²) in [6.45, 7) is 0.0886. The molecule has 2 heterocycles. The number of likely N-dealkylation sites (N-methyl/N-ethyl adjacent to an activating group) is 2. The van der Waals surface area contributed by atoms with Crippen LogP contribution in [-0.2, 0) is 16.0 Å². The molecule has 26 heavy (non-hydrogen) atoms. The van der Waals surface area contributed by atoms with Gasteiger partial charge in [-0.05, 0) is 24.3 Å². The van der Waals surface area contributed by atoms with Gasteiger partial charge in [-0.2, -0.15) is 0 Å². The van der Waals surface area contributed by atoms with Crippen LogP contribution < -0.4 is 0 Å². The fourth-order valence-electron chi connectivity index (χ4n) is 2.46. The van der Waals surface area contributed by atoms with Crippen LogP contribution in [0.15, 0.2) is 22.7 Å². The van der Waals surface area contributed by atoms with Gasteiger partial charge in [0, 0.05) is 38.5 Å². The van der Waals surface area contributed by atoms with Crippen molar-refractivity contribution in [1.29, 1.82) is 0 Å². The number of thioether (sulfide) groups is 1. The van der Waals surface area contributed by atoms with Crippen LogP contribution in [0.2, 0.25) is 0 Å². The van der Waals surface area contributed by atoms with Crippen molar-refractivity contribution >= 4 is 34.9 Å². The minimum Gasteiger partial charge on any atom is -0.347 e. The molecule has 0 bridgehead atoms. The summed E-state index contributed by atoms with van der Waals surface area (Å²) in [5.41, 5.74) is 0. The summed E-state index contributed by atoms with van der Waals surface area (Å²) >= 11 is 3.11. The molecule has 2 amide bonds. The lowest BCUT2D eigenvalue weighted by molar-refractivity contribution is -0.136. The molecule has 0 aliphatic heterocycles. The molecule has 1 aliphatic carbocycles. The van der Waals surface area contributed by atoms with Gasteiger partial charge in [0.1, 0.15) is 5.82 Å². The molecule has 0 aromatic carbocycles. The Morgan fingerprint density at radius 1 is 1.27 bits per heavy atom. The second-order valence-corrected chi connectivity index (χ2v) is 8.56. The third-order valence-electron chi connectivity index (χ3n) is 4.18. The first-order valence-electron chi connectivity index (χ1n) is 8.48. The summed E-state index contributed by atoms with van der Waals surface area (Å²) in [4.78, 5) is 28.3. The van der Waals surface area contributed by atoms with E-state index in [4.69, 9.17) is 0 Å². The van der Waals surface area contributed by atoms with Gasteiger partial charge in [-0.25, -0.2) is 0 Å². The monoisotopic (exact) mass is 393 g/mol. The number of nitrogens with zero attached hydrogens (tertiary/aromatic N) is 5. The second-order valence-electron chi connectivity index (χ2n) is 6.58. The normalized spacial score (nSPS) is 13.7. The van der Waals surface area contributed by atoms with E-state index in [1.807, 2.05) is 6.07 Å². The Balaban J connectivity index is 1.62. The van der Waals surface area contributed by atoms with Gasteiger partial charge in [0.2, 0.25) is 11.8 Å². The Kier molecular flexibility index (Phi) is 5.98. The molecule has 0 atom stereocenters. The maximum Gasteiger partial charge on any atom is 0.241 e. The molecule has 0 radical (unpaired) electrons. The van der Waals surface area contributed by atoms with E-state index in [0.717, 1.165) is 30.2 Å². The summed E-state index contributed by atoms with van der Waals surface area (Å²) in [5, 5.41) is 11.5. The Hall–Kier alpha value is -1.87. The van der Waals surface area contributed by atoms with E-state index in [2.05, 4.69) is 26.2 Å². The first-order valence-corrected chi connectivity index (χ1v) is 10.3. The van der Waals surface area contributed by atoms with Gasteiger partial charge < -0.3 is 14.4 Å². The smallest absolute Gasteiger partial charge is 0.241 e. The Bertz CT molecular complexity index is 768. The van der Waals surface area contributed by atoms with E-state index in [-0.39, 0.29) is 24.1 Å². The third-order valence-corrected chi connectivity index (χ3v) is 5.99. The molecular weight excluding hydrogens is 370 g/mol. The zero-order chi connectivity index (χ0) is 18.7.